The van der Waals surface area contributed by atoms with Gasteiger partial charge in [-0.25, -0.2) is 9.18 Å². The van der Waals surface area contributed by atoms with E-state index >= 15 is 0 Å². The van der Waals surface area contributed by atoms with Gasteiger partial charge in [-0.2, -0.15) is 0 Å². The number of hydrogen-bond acceptors (Lipinski definition) is 1. The van der Waals surface area contributed by atoms with Gasteiger partial charge < -0.3 is 5.11 Å². The molecule has 13 heavy (non-hydrogen) atoms. The van der Waals surface area contributed by atoms with E-state index in [4.69, 9.17) is 5.11 Å². The molecule has 0 unspecified atom stereocenters. The highest BCUT2D eigenvalue weighted by atomic mass is 79.9. The maximum atomic E-state index is 13.1. The van der Waals surface area contributed by atoms with Crippen molar-refractivity contribution in [3.8, 4) is 0 Å². The molecular formula is C8H5Br2FO2. The van der Waals surface area contributed by atoms with Gasteiger partial charge in [0.1, 0.15) is 5.82 Å². The average Bonchev–Trinajstić information content (AvgIpc) is 2.07. The van der Waals surface area contributed by atoms with Gasteiger partial charge in [0.25, 0.3) is 0 Å². The zero-order valence-corrected chi connectivity index (χ0v) is 9.74. The van der Waals surface area contributed by atoms with Crippen molar-refractivity contribution in [1.29, 1.82) is 0 Å². The predicted molar refractivity (Wildman–Crippen MR) is 53.5 cm³/mol. The van der Waals surface area contributed by atoms with Crippen LogP contribution < -0.4 is 0 Å². The zero-order chi connectivity index (χ0) is 10.2. The topological polar surface area (TPSA) is 37.3 Å². The second kappa shape index (κ2) is 3.75. The van der Waals surface area contributed by atoms with Crippen LogP contribution in [0.15, 0.2) is 15.0 Å². The van der Waals surface area contributed by atoms with E-state index < -0.39 is 11.8 Å². The van der Waals surface area contributed by atoms with Crippen LogP contribution in [0.2, 0.25) is 0 Å². The quantitative estimate of drug-likeness (QED) is 0.808. The normalized spacial score (nSPS) is 10.2. The molecule has 0 heterocycles. The van der Waals surface area contributed by atoms with Crippen LogP contribution in [0.3, 0.4) is 0 Å². The molecule has 70 valence electrons. The van der Waals surface area contributed by atoms with Crippen molar-refractivity contribution in [2.24, 2.45) is 0 Å². The molecule has 5 heteroatoms. The van der Waals surface area contributed by atoms with Crippen molar-refractivity contribution in [3.63, 3.8) is 0 Å². The van der Waals surface area contributed by atoms with Crippen molar-refractivity contribution in [2.45, 2.75) is 6.92 Å². The summed E-state index contributed by atoms with van der Waals surface area (Å²) in [7, 11) is 0. The van der Waals surface area contributed by atoms with Crippen molar-refractivity contribution >= 4 is 37.8 Å². The van der Waals surface area contributed by atoms with Gasteiger partial charge in [-0.05, 0) is 44.8 Å². The molecular weight excluding hydrogens is 307 g/mol. The van der Waals surface area contributed by atoms with E-state index in [0.717, 1.165) is 6.07 Å². The van der Waals surface area contributed by atoms with E-state index in [1.807, 2.05) is 0 Å². The first kappa shape index (κ1) is 10.7. The molecule has 2 nitrogen and oxygen atoms in total. The molecule has 0 fully saturated rings. The Hall–Kier alpha value is -0.420. The summed E-state index contributed by atoms with van der Waals surface area (Å²) in [6.07, 6.45) is 0. The highest BCUT2D eigenvalue weighted by Crippen LogP contribution is 2.31. The smallest absolute Gasteiger partial charge is 0.336 e. The first-order valence-corrected chi connectivity index (χ1v) is 4.91. The molecule has 1 aromatic rings. The summed E-state index contributed by atoms with van der Waals surface area (Å²) in [6.45, 7) is 1.57. The van der Waals surface area contributed by atoms with Crippen LogP contribution in [-0.2, 0) is 0 Å². The van der Waals surface area contributed by atoms with E-state index in [2.05, 4.69) is 31.9 Å². The number of benzene rings is 1. The number of hydrogen-bond donors (Lipinski definition) is 1. The molecule has 1 aromatic carbocycles. The summed E-state index contributed by atoms with van der Waals surface area (Å²) in [6, 6.07) is 0.993. The fourth-order valence-electron chi connectivity index (χ4n) is 0.842. The highest BCUT2D eigenvalue weighted by Gasteiger charge is 2.16. The third-order valence-electron chi connectivity index (χ3n) is 1.62. The van der Waals surface area contributed by atoms with Gasteiger partial charge in [0, 0.05) is 14.5 Å². The second-order valence-corrected chi connectivity index (χ2v) is 4.05. The minimum Gasteiger partial charge on any atom is -0.478 e. The summed E-state index contributed by atoms with van der Waals surface area (Å²) in [4.78, 5) is 10.6. The lowest BCUT2D eigenvalue weighted by Crippen LogP contribution is -2.01. The maximum Gasteiger partial charge on any atom is 0.336 e. The molecule has 0 radical (unpaired) electrons. The summed E-state index contributed by atoms with van der Waals surface area (Å²) in [5, 5.41) is 8.69. The highest BCUT2D eigenvalue weighted by molar-refractivity contribution is 9.13. The second-order valence-electron chi connectivity index (χ2n) is 2.46. The standard InChI is InChI=1S/C8H5Br2FO2/c1-3-5(11)2-4(8(12)13)7(10)6(3)9/h2H,1H3,(H,12,13). The van der Waals surface area contributed by atoms with E-state index in [-0.39, 0.29) is 5.56 Å². The number of aromatic carboxylic acids is 1. The summed E-state index contributed by atoms with van der Waals surface area (Å²) in [5.74, 6) is -1.70. The molecule has 0 spiro atoms. The number of rotatable bonds is 1. The number of carbonyl (C=O) groups is 1. The molecule has 0 saturated heterocycles. The van der Waals surface area contributed by atoms with Crippen LogP contribution in [0.5, 0.6) is 0 Å². The molecule has 1 rings (SSSR count). The fraction of sp³-hybridized carbons (Fsp3) is 0.125. The van der Waals surface area contributed by atoms with Gasteiger partial charge in [-0.15, -0.1) is 0 Å². The molecule has 0 amide bonds. The summed E-state index contributed by atoms with van der Waals surface area (Å²) < 4.78 is 13.9. The van der Waals surface area contributed by atoms with Crippen LogP contribution in [0.1, 0.15) is 15.9 Å². The Morgan fingerprint density at radius 2 is 2.00 bits per heavy atom. The van der Waals surface area contributed by atoms with Crippen LogP contribution in [0, 0.1) is 12.7 Å². The summed E-state index contributed by atoms with van der Waals surface area (Å²) >= 11 is 6.17. The number of halogens is 3. The first-order chi connectivity index (χ1) is 5.95. The molecule has 0 aromatic heterocycles. The van der Waals surface area contributed by atoms with Crippen LogP contribution >= 0.6 is 31.9 Å². The minimum atomic E-state index is -1.16. The lowest BCUT2D eigenvalue weighted by Gasteiger charge is -2.05. The van der Waals surface area contributed by atoms with Crippen molar-refractivity contribution in [3.05, 3.63) is 32.0 Å². The number of carboxylic acids is 1. The third-order valence-corrected chi connectivity index (χ3v) is 3.97. The lowest BCUT2D eigenvalue weighted by molar-refractivity contribution is 0.0695. The first-order valence-electron chi connectivity index (χ1n) is 3.32. The molecule has 0 saturated carbocycles. The Labute approximate surface area is 91.0 Å². The van der Waals surface area contributed by atoms with E-state index in [9.17, 15) is 9.18 Å². The Bertz CT molecular complexity index is 377. The number of carboxylic acid groups (broad SMARTS) is 1. The Morgan fingerprint density at radius 3 is 2.46 bits per heavy atom. The molecule has 0 aliphatic carbocycles. The molecule has 0 bridgehead atoms. The van der Waals surface area contributed by atoms with Gasteiger partial charge in [-0.3, -0.25) is 0 Å². The largest absolute Gasteiger partial charge is 0.478 e. The Kier molecular flexibility index (Phi) is 3.08. The van der Waals surface area contributed by atoms with E-state index in [0.29, 0.717) is 14.5 Å². The van der Waals surface area contributed by atoms with E-state index in [1.54, 1.807) is 6.92 Å². The van der Waals surface area contributed by atoms with Crippen molar-refractivity contribution in [1.82, 2.24) is 0 Å². The average molecular weight is 312 g/mol. The molecule has 0 atom stereocenters. The van der Waals surface area contributed by atoms with E-state index in [1.165, 1.54) is 0 Å². The van der Waals surface area contributed by atoms with Gasteiger partial charge in [0.2, 0.25) is 0 Å². The molecule has 0 aliphatic rings. The Balaban J connectivity index is 3.50. The van der Waals surface area contributed by atoms with Crippen LogP contribution in [0.4, 0.5) is 4.39 Å². The minimum absolute atomic E-state index is 0.0880. The monoisotopic (exact) mass is 310 g/mol. The Morgan fingerprint density at radius 1 is 1.46 bits per heavy atom. The van der Waals surface area contributed by atoms with Crippen molar-refractivity contribution < 1.29 is 14.3 Å². The zero-order valence-electron chi connectivity index (χ0n) is 6.57. The van der Waals surface area contributed by atoms with Gasteiger partial charge in [-0.1, -0.05) is 0 Å². The van der Waals surface area contributed by atoms with Gasteiger partial charge in [0.05, 0.1) is 5.56 Å². The van der Waals surface area contributed by atoms with Crippen LogP contribution in [-0.4, -0.2) is 11.1 Å². The SMILES string of the molecule is Cc1c(F)cc(C(=O)O)c(Br)c1Br. The van der Waals surface area contributed by atoms with Crippen molar-refractivity contribution in [2.75, 3.05) is 0 Å². The maximum absolute atomic E-state index is 13.1. The third kappa shape index (κ3) is 1.91. The van der Waals surface area contributed by atoms with Gasteiger partial charge >= 0.3 is 5.97 Å². The fourth-order valence-corrected chi connectivity index (χ4v) is 1.83. The predicted octanol–water partition coefficient (Wildman–Crippen LogP) is 3.36. The lowest BCUT2D eigenvalue weighted by atomic mass is 10.1. The van der Waals surface area contributed by atoms with Crippen LogP contribution in [0.25, 0.3) is 0 Å². The van der Waals surface area contributed by atoms with Gasteiger partial charge in [0.15, 0.2) is 0 Å². The summed E-state index contributed by atoms with van der Waals surface area (Å²) in [5.41, 5.74) is 0.298. The molecule has 1 N–H and O–H groups in total. The molecule has 0 aliphatic heterocycles.